The third-order valence-corrected chi connectivity index (χ3v) is 50.6. The molecule has 0 aliphatic heterocycles. The minimum absolute atomic E-state index is 1.28. The summed E-state index contributed by atoms with van der Waals surface area (Å²) in [5, 5.41) is 2.57. The third kappa shape index (κ3) is 14.1. The molecule has 2 heterocycles. The Kier molecular flexibility index (Phi) is 25.1. The molecule has 0 radical (unpaired) electrons. The Morgan fingerprint density at radius 2 is 0.875 bits per heavy atom. The van der Waals surface area contributed by atoms with Crippen LogP contribution in [-0.2, 0) is 12.8 Å². The van der Waals surface area contributed by atoms with Crippen LogP contribution in [0.4, 0.5) is 0 Å². The first-order valence-corrected chi connectivity index (χ1v) is 38.4. The molecule has 278 valence electrons. The van der Waals surface area contributed by atoms with Crippen LogP contribution in [0, 0.1) is 0 Å². The average Bonchev–Trinajstić information content (AvgIpc) is 3.74. The number of hydrogen-bond acceptors (Lipinski definition) is 2. The van der Waals surface area contributed by atoms with Crippen molar-refractivity contribution in [1.82, 2.24) is 0 Å². The predicted octanol–water partition coefficient (Wildman–Crippen LogP) is 15.8. The van der Waals surface area contributed by atoms with E-state index in [0.29, 0.717) is 0 Å². The molecule has 2 rings (SSSR count). The van der Waals surface area contributed by atoms with Crippen molar-refractivity contribution in [3.05, 3.63) is 22.6 Å². The van der Waals surface area contributed by atoms with Gasteiger partial charge in [0.05, 0.1) is 0 Å². The summed E-state index contributed by atoms with van der Waals surface area (Å²) in [4.78, 5) is 3.49. The number of hydrogen-bond donors (Lipinski definition) is 0. The van der Waals surface area contributed by atoms with Gasteiger partial charge in [-0.3, -0.25) is 0 Å². The normalized spacial score (nSPS) is 12.4. The van der Waals surface area contributed by atoms with Crippen molar-refractivity contribution in [2.24, 2.45) is 0 Å². The van der Waals surface area contributed by atoms with E-state index in [1.807, 2.05) is 10.4 Å². The maximum absolute atomic E-state index is 2.75. The second-order valence-corrected chi connectivity index (χ2v) is 44.7. The molecule has 0 aliphatic carbocycles. The molecule has 48 heavy (non-hydrogen) atoms. The van der Waals surface area contributed by atoms with Gasteiger partial charge in [0.1, 0.15) is 0 Å². The monoisotopic (exact) mass is 914 g/mol. The standard InChI is InChI=1S/C20H28S2.6C4H9.2Sn/c1-3-5-7-9-11-17-15-19(22-16-17)20-18(13-14-21-20)12-10-8-6-4-2;6*1-3-4-2;;/h15-16H,3-12H2,1-2H3;6*1,3-4H2,2H3;;. The molecule has 0 aromatic carbocycles. The van der Waals surface area contributed by atoms with Gasteiger partial charge in [0.25, 0.3) is 0 Å². The third-order valence-electron chi connectivity index (χ3n) is 11.5. The molecule has 0 saturated carbocycles. The molecule has 0 nitrogen and oxygen atoms in total. The van der Waals surface area contributed by atoms with Gasteiger partial charge in [-0.25, -0.2) is 0 Å². The van der Waals surface area contributed by atoms with Crippen molar-refractivity contribution in [2.75, 3.05) is 0 Å². The van der Waals surface area contributed by atoms with Crippen LogP contribution < -0.4 is 6.47 Å². The van der Waals surface area contributed by atoms with Crippen LogP contribution in [0.1, 0.15) is 195 Å². The van der Waals surface area contributed by atoms with Crippen molar-refractivity contribution >= 4 is 65.9 Å². The van der Waals surface area contributed by atoms with Gasteiger partial charge in [-0.15, -0.1) is 0 Å². The quantitative estimate of drug-likeness (QED) is 0.0522. The summed E-state index contributed by atoms with van der Waals surface area (Å²) in [6.07, 6.45) is 31.0. The first kappa shape index (κ1) is 45.2. The molecule has 0 saturated heterocycles. The zero-order chi connectivity index (χ0) is 35.1. The SMILES string of the molecule is CCCCCCc1csc(-c2s[c]([Sn]([CH2]CCC)([CH2]CCC)[CH2]CCC)[c]([Sn]([CH2]CCC)([CH2]CCC)[CH2]CCC)c2CCCCCC)c1. The molecular weight excluding hydrogens is 830 g/mol. The fourth-order valence-corrected chi connectivity index (χ4v) is 59.8. The van der Waals surface area contributed by atoms with Gasteiger partial charge in [-0.1, -0.05) is 0 Å². The van der Waals surface area contributed by atoms with E-state index in [2.05, 4.69) is 96.0 Å². The van der Waals surface area contributed by atoms with Crippen LogP contribution in [-0.4, -0.2) is 36.8 Å². The summed E-state index contributed by atoms with van der Waals surface area (Å²) >= 11 is -0.828. The van der Waals surface area contributed by atoms with Crippen LogP contribution in [0.5, 0.6) is 0 Å². The van der Waals surface area contributed by atoms with Gasteiger partial charge >= 0.3 is 321 Å². The molecule has 0 spiro atoms. The summed E-state index contributed by atoms with van der Waals surface area (Å²) in [5.74, 6) is 0. The van der Waals surface area contributed by atoms with Crippen molar-refractivity contribution in [3.8, 4) is 9.75 Å². The molecule has 2 aromatic heterocycles. The Morgan fingerprint density at radius 3 is 1.31 bits per heavy atom. The Labute approximate surface area is 318 Å². The molecule has 0 aliphatic rings. The molecule has 0 unspecified atom stereocenters. The number of aryl methyl sites for hydroxylation is 1. The van der Waals surface area contributed by atoms with E-state index in [0.717, 1.165) is 0 Å². The number of thiophene rings is 2. The Hall–Kier alpha value is 0.997. The molecule has 0 amide bonds. The van der Waals surface area contributed by atoms with Gasteiger partial charge in [0.2, 0.25) is 0 Å². The van der Waals surface area contributed by atoms with E-state index < -0.39 is 36.8 Å². The van der Waals surface area contributed by atoms with E-state index in [-0.39, 0.29) is 0 Å². The van der Waals surface area contributed by atoms with Crippen LogP contribution >= 0.6 is 22.7 Å². The Bertz CT molecular complexity index is 1020. The van der Waals surface area contributed by atoms with Crippen LogP contribution in [0.3, 0.4) is 0 Å². The van der Waals surface area contributed by atoms with Gasteiger partial charge in [0.15, 0.2) is 0 Å². The summed E-state index contributed by atoms with van der Waals surface area (Å²) in [6, 6.07) is 2.70. The summed E-state index contributed by atoms with van der Waals surface area (Å²) in [5.41, 5.74) is 3.62. The predicted molar refractivity (Wildman–Crippen MR) is 232 cm³/mol. The molecule has 0 fully saturated rings. The summed E-state index contributed by atoms with van der Waals surface area (Å²) in [7, 11) is 0. The fraction of sp³-hybridized carbons (Fsp3) is 0.818. The van der Waals surface area contributed by atoms with E-state index in [4.69, 9.17) is 0 Å². The van der Waals surface area contributed by atoms with E-state index in [9.17, 15) is 0 Å². The van der Waals surface area contributed by atoms with Gasteiger partial charge in [-0.05, 0) is 0 Å². The van der Waals surface area contributed by atoms with Gasteiger partial charge < -0.3 is 0 Å². The fourth-order valence-electron chi connectivity index (χ4n) is 8.50. The Morgan fingerprint density at radius 1 is 0.458 bits per heavy atom. The van der Waals surface area contributed by atoms with Crippen LogP contribution in [0.25, 0.3) is 9.75 Å². The topological polar surface area (TPSA) is 0 Å². The maximum atomic E-state index is 2.70. The zero-order valence-corrected chi connectivity index (χ0v) is 41.1. The van der Waals surface area contributed by atoms with Crippen molar-refractivity contribution in [1.29, 1.82) is 0 Å². The van der Waals surface area contributed by atoms with Crippen LogP contribution in [0.2, 0.25) is 26.6 Å². The first-order valence-electron chi connectivity index (χ1n) is 21.7. The second-order valence-electron chi connectivity index (χ2n) is 15.7. The first-order chi connectivity index (χ1) is 23.5. The van der Waals surface area contributed by atoms with E-state index in [1.165, 1.54) is 141 Å². The summed E-state index contributed by atoms with van der Waals surface area (Å²) < 4.78 is 14.3. The van der Waals surface area contributed by atoms with E-state index in [1.54, 1.807) is 37.1 Å². The minimum atomic E-state index is -2.75. The molecule has 0 atom stereocenters. The molecule has 4 heteroatoms. The molecular formula is C44H82S2Sn2. The van der Waals surface area contributed by atoms with Crippen molar-refractivity contribution in [2.45, 2.75) is 223 Å². The van der Waals surface area contributed by atoms with Crippen molar-refractivity contribution in [3.63, 3.8) is 0 Å². The van der Waals surface area contributed by atoms with Gasteiger partial charge in [-0.2, -0.15) is 0 Å². The summed E-state index contributed by atoms with van der Waals surface area (Å²) in [6.45, 7) is 19.7. The second kappa shape index (κ2) is 26.7. The van der Waals surface area contributed by atoms with Crippen molar-refractivity contribution < 1.29 is 0 Å². The zero-order valence-electron chi connectivity index (χ0n) is 33.8. The Balaban J connectivity index is 3.02. The van der Waals surface area contributed by atoms with E-state index >= 15 is 0 Å². The van der Waals surface area contributed by atoms with Crippen LogP contribution in [0.15, 0.2) is 11.4 Å². The average molecular weight is 913 g/mol. The number of rotatable bonds is 31. The molecule has 2 aromatic rings. The van der Waals surface area contributed by atoms with Gasteiger partial charge in [0, 0.05) is 0 Å². The number of unbranched alkanes of at least 4 members (excludes halogenated alkanes) is 12. The molecule has 0 bridgehead atoms. The molecule has 0 N–H and O–H groups in total.